The fourth-order valence-electron chi connectivity index (χ4n) is 6.39. The summed E-state index contributed by atoms with van der Waals surface area (Å²) in [5.41, 5.74) is 0. The summed E-state index contributed by atoms with van der Waals surface area (Å²) in [4.78, 5) is 25.6. The van der Waals surface area contributed by atoms with Gasteiger partial charge in [0.2, 0.25) is 6.10 Å². The third-order valence-corrected chi connectivity index (χ3v) is 9.36. The van der Waals surface area contributed by atoms with E-state index in [2.05, 4.69) is 35.0 Å². The lowest BCUT2D eigenvalue weighted by Crippen LogP contribution is -2.46. The van der Waals surface area contributed by atoms with Crippen molar-refractivity contribution in [1.82, 2.24) is 0 Å². The SMILES string of the molecule is CCCCCCCCCCCCCCCCCC(=O)OC(C[N+](C)(C)C)C(=O)CCCCCCCCCCCCCCCCC. The van der Waals surface area contributed by atoms with Crippen molar-refractivity contribution in [3.05, 3.63) is 0 Å². The van der Waals surface area contributed by atoms with E-state index in [4.69, 9.17) is 4.74 Å². The van der Waals surface area contributed by atoms with E-state index in [9.17, 15) is 9.59 Å². The molecule has 0 N–H and O–H groups in total. The molecule has 0 bridgehead atoms. The Morgan fingerprint density at radius 1 is 0.422 bits per heavy atom. The van der Waals surface area contributed by atoms with Crippen LogP contribution >= 0.6 is 0 Å². The van der Waals surface area contributed by atoms with Gasteiger partial charge >= 0.3 is 5.97 Å². The van der Waals surface area contributed by atoms with Gasteiger partial charge in [0.15, 0.2) is 5.78 Å². The third-order valence-electron chi connectivity index (χ3n) is 9.36. The Hall–Kier alpha value is -0.900. The standard InChI is InChI=1S/C41H82NO3/c1-6-8-10-12-14-16-18-20-22-24-26-28-30-32-34-36-39(43)40(38-42(3,4)5)45-41(44)37-35-33-31-29-27-25-23-21-19-17-15-13-11-9-7-2/h40H,6-38H2,1-5H3/q+1. The molecule has 0 fully saturated rings. The topological polar surface area (TPSA) is 43.4 Å². The summed E-state index contributed by atoms with van der Waals surface area (Å²) < 4.78 is 6.40. The lowest BCUT2D eigenvalue weighted by molar-refractivity contribution is -0.872. The molecule has 4 heteroatoms. The van der Waals surface area contributed by atoms with Gasteiger partial charge in [0.05, 0.1) is 21.1 Å². The highest BCUT2D eigenvalue weighted by Gasteiger charge is 2.28. The van der Waals surface area contributed by atoms with Gasteiger partial charge < -0.3 is 9.22 Å². The van der Waals surface area contributed by atoms with Crippen LogP contribution in [0.15, 0.2) is 0 Å². The lowest BCUT2D eigenvalue weighted by atomic mass is 10.0. The maximum Gasteiger partial charge on any atom is 0.306 e. The Balaban J connectivity index is 3.84. The molecule has 0 rings (SSSR count). The monoisotopic (exact) mass is 637 g/mol. The summed E-state index contributed by atoms with van der Waals surface area (Å²) in [6, 6.07) is 0. The fourth-order valence-corrected chi connectivity index (χ4v) is 6.39. The van der Waals surface area contributed by atoms with Gasteiger partial charge in [-0.2, -0.15) is 0 Å². The van der Waals surface area contributed by atoms with Gasteiger partial charge in [-0.25, -0.2) is 0 Å². The Morgan fingerprint density at radius 3 is 0.978 bits per heavy atom. The van der Waals surface area contributed by atoms with Crippen LogP contribution in [0.2, 0.25) is 0 Å². The molecule has 0 saturated carbocycles. The maximum absolute atomic E-state index is 13.0. The molecular weight excluding hydrogens is 554 g/mol. The molecule has 0 aromatic rings. The van der Waals surface area contributed by atoms with Crippen molar-refractivity contribution < 1.29 is 18.8 Å². The summed E-state index contributed by atoms with van der Waals surface area (Å²) in [5, 5.41) is 0. The molecule has 0 spiro atoms. The van der Waals surface area contributed by atoms with Gasteiger partial charge in [-0.1, -0.05) is 194 Å². The van der Waals surface area contributed by atoms with Gasteiger partial charge in [0.25, 0.3) is 0 Å². The number of unbranched alkanes of at least 4 members (excludes halogenated alkanes) is 28. The number of ketones is 1. The Kier molecular flexibility index (Phi) is 32.4. The first-order valence-corrected chi connectivity index (χ1v) is 20.3. The number of nitrogens with zero attached hydrogens (tertiary/aromatic N) is 1. The van der Waals surface area contributed by atoms with E-state index in [1.165, 1.54) is 167 Å². The van der Waals surface area contributed by atoms with Gasteiger partial charge in [0, 0.05) is 12.8 Å². The zero-order valence-electron chi connectivity index (χ0n) is 31.6. The predicted octanol–water partition coefficient (Wildman–Crippen LogP) is 12.7. The number of quaternary nitrogens is 1. The second-order valence-electron chi connectivity index (χ2n) is 15.3. The summed E-state index contributed by atoms with van der Waals surface area (Å²) in [6.45, 7) is 5.12. The van der Waals surface area contributed by atoms with Crippen LogP contribution in [0, 0.1) is 0 Å². The number of carbonyl (C=O) groups excluding carboxylic acids is 2. The van der Waals surface area contributed by atoms with Crippen LogP contribution in [0.4, 0.5) is 0 Å². The Bertz CT molecular complexity index is 641. The smallest absolute Gasteiger partial charge is 0.306 e. The van der Waals surface area contributed by atoms with Crippen LogP contribution in [0.25, 0.3) is 0 Å². The van der Waals surface area contributed by atoms with Crippen LogP contribution in [-0.2, 0) is 14.3 Å². The van der Waals surface area contributed by atoms with Crippen molar-refractivity contribution >= 4 is 11.8 Å². The zero-order chi connectivity index (χ0) is 33.3. The predicted molar refractivity (Wildman–Crippen MR) is 197 cm³/mol. The highest BCUT2D eigenvalue weighted by Crippen LogP contribution is 2.17. The first-order chi connectivity index (χ1) is 21.8. The van der Waals surface area contributed by atoms with Crippen molar-refractivity contribution in [1.29, 1.82) is 0 Å². The van der Waals surface area contributed by atoms with Crippen molar-refractivity contribution in [3.8, 4) is 0 Å². The van der Waals surface area contributed by atoms with Crippen molar-refractivity contribution in [2.24, 2.45) is 0 Å². The number of rotatable bonds is 36. The third kappa shape index (κ3) is 34.3. The quantitative estimate of drug-likeness (QED) is 0.0390. The number of hydrogen-bond acceptors (Lipinski definition) is 3. The Labute approximate surface area is 283 Å². The number of Topliss-reactive ketones (excluding diaryl/α,β-unsaturated/α-hetero) is 1. The van der Waals surface area contributed by atoms with E-state index in [-0.39, 0.29) is 11.8 Å². The number of esters is 1. The molecule has 1 atom stereocenters. The van der Waals surface area contributed by atoms with E-state index < -0.39 is 6.10 Å². The van der Waals surface area contributed by atoms with Crippen molar-refractivity contribution in [3.63, 3.8) is 0 Å². The minimum Gasteiger partial charge on any atom is -0.448 e. The fraction of sp³-hybridized carbons (Fsp3) is 0.951. The largest absolute Gasteiger partial charge is 0.448 e. The van der Waals surface area contributed by atoms with E-state index in [1.54, 1.807) is 0 Å². The summed E-state index contributed by atoms with van der Waals surface area (Å²) in [7, 11) is 6.20. The molecule has 0 aromatic carbocycles. The van der Waals surface area contributed by atoms with Crippen LogP contribution < -0.4 is 0 Å². The van der Waals surface area contributed by atoms with Gasteiger partial charge in [0.1, 0.15) is 6.54 Å². The average Bonchev–Trinajstić information content (AvgIpc) is 3.00. The molecule has 4 nitrogen and oxygen atoms in total. The Morgan fingerprint density at radius 2 is 0.689 bits per heavy atom. The van der Waals surface area contributed by atoms with E-state index in [1.807, 2.05) is 0 Å². The highest BCUT2D eigenvalue weighted by atomic mass is 16.5. The molecule has 0 aliphatic heterocycles. The molecular formula is C41H82NO3+. The zero-order valence-corrected chi connectivity index (χ0v) is 31.6. The van der Waals surface area contributed by atoms with Gasteiger partial charge in [-0.05, 0) is 12.8 Å². The van der Waals surface area contributed by atoms with Crippen LogP contribution in [0.5, 0.6) is 0 Å². The van der Waals surface area contributed by atoms with Crippen LogP contribution in [0.3, 0.4) is 0 Å². The normalized spacial score (nSPS) is 12.5. The summed E-state index contributed by atoms with van der Waals surface area (Å²) in [6.07, 6.45) is 39.9. The van der Waals surface area contributed by atoms with E-state index in [0.29, 0.717) is 23.9 Å². The molecule has 0 heterocycles. The van der Waals surface area contributed by atoms with Crippen LogP contribution in [-0.4, -0.2) is 50.0 Å². The molecule has 0 radical (unpaired) electrons. The second-order valence-corrected chi connectivity index (χ2v) is 15.3. The maximum atomic E-state index is 13.0. The van der Waals surface area contributed by atoms with Crippen molar-refractivity contribution in [2.45, 2.75) is 225 Å². The average molecular weight is 637 g/mol. The molecule has 0 saturated heterocycles. The van der Waals surface area contributed by atoms with Gasteiger partial charge in [-0.15, -0.1) is 0 Å². The van der Waals surface area contributed by atoms with Crippen LogP contribution in [0.1, 0.15) is 219 Å². The van der Waals surface area contributed by atoms with Crippen molar-refractivity contribution in [2.75, 3.05) is 27.7 Å². The summed E-state index contributed by atoms with van der Waals surface area (Å²) in [5.74, 6) is -0.0735. The number of likely N-dealkylation sites (N-methyl/N-ethyl adjacent to an activating group) is 1. The lowest BCUT2D eigenvalue weighted by Gasteiger charge is -2.28. The first kappa shape index (κ1) is 44.1. The minimum atomic E-state index is -0.597. The van der Waals surface area contributed by atoms with E-state index >= 15 is 0 Å². The summed E-state index contributed by atoms with van der Waals surface area (Å²) >= 11 is 0. The number of hydrogen-bond donors (Lipinski definition) is 0. The van der Waals surface area contributed by atoms with E-state index in [0.717, 1.165) is 25.7 Å². The highest BCUT2D eigenvalue weighted by molar-refractivity contribution is 5.85. The minimum absolute atomic E-state index is 0.114. The molecule has 0 aliphatic carbocycles. The molecule has 0 aliphatic rings. The second kappa shape index (κ2) is 33.0. The first-order valence-electron chi connectivity index (χ1n) is 20.3. The molecule has 268 valence electrons. The molecule has 45 heavy (non-hydrogen) atoms. The molecule has 0 aromatic heterocycles. The number of carbonyl (C=O) groups is 2. The molecule has 1 unspecified atom stereocenters. The van der Waals surface area contributed by atoms with Gasteiger partial charge in [-0.3, -0.25) is 9.59 Å². The molecule has 0 amide bonds. The number of ether oxygens (including phenoxy) is 1.